The molecule has 3 rings (SSSR count). The number of hydrogen-bond acceptors (Lipinski definition) is 4. The Morgan fingerprint density at radius 3 is 2.17 bits per heavy atom. The number of hydrogen-bond donors (Lipinski definition) is 0. The van der Waals surface area contributed by atoms with Gasteiger partial charge in [-0.2, -0.15) is 11.3 Å². The maximum atomic E-state index is 12.6. The lowest BCUT2D eigenvalue weighted by Gasteiger charge is -2.38. The third-order valence-electron chi connectivity index (χ3n) is 4.71. The number of nitrogens with zero attached hydrogens (tertiary/aromatic N) is 2. The Kier molecular flexibility index (Phi) is 5.11. The fraction of sp³-hybridized carbons (Fsp3) is 0.368. The van der Waals surface area contributed by atoms with Crippen molar-refractivity contribution in [2.45, 2.75) is 19.9 Å². The van der Waals surface area contributed by atoms with Crippen LogP contribution in [0.5, 0.6) is 0 Å². The van der Waals surface area contributed by atoms with Gasteiger partial charge in [-0.1, -0.05) is 12.1 Å². The number of piperazine rings is 1. The average molecular weight is 342 g/mol. The molecule has 1 atom stereocenters. The molecule has 1 fully saturated rings. The Hall–Kier alpha value is -1.98. The first kappa shape index (κ1) is 16.9. The molecule has 4 nitrogen and oxygen atoms in total. The highest BCUT2D eigenvalue weighted by Crippen LogP contribution is 2.24. The van der Waals surface area contributed by atoms with Crippen LogP contribution in [0.25, 0.3) is 0 Å². The number of Topliss-reactive ketones (excluding diaryl/α,β-unsaturated/α-hetero) is 1. The number of ketones is 1. The lowest BCUT2D eigenvalue weighted by molar-refractivity contribution is 0.0582. The molecule has 126 valence electrons. The normalized spacial score (nSPS) is 16.8. The molecule has 0 saturated carbocycles. The van der Waals surface area contributed by atoms with Crippen LogP contribution >= 0.6 is 11.3 Å². The molecule has 5 heteroatoms. The zero-order valence-corrected chi connectivity index (χ0v) is 14.9. The molecule has 0 bridgehead atoms. The van der Waals surface area contributed by atoms with Gasteiger partial charge < -0.3 is 4.90 Å². The molecule has 0 unspecified atom stereocenters. The van der Waals surface area contributed by atoms with Crippen LogP contribution in [0, 0.1) is 0 Å². The van der Waals surface area contributed by atoms with E-state index in [0.717, 1.165) is 26.2 Å². The van der Waals surface area contributed by atoms with Crippen LogP contribution in [0.4, 0.5) is 0 Å². The summed E-state index contributed by atoms with van der Waals surface area (Å²) >= 11 is 1.72. The molecule has 2 aromatic rings. The van der Waals surface area contributed by atoms with Gasteiger partial charge in [-0.05, 0) is 48.4 Å². The van der Waals surface area contributed by atoms with Crippen LogP contribution in [0.3, 0.4) is 0 Å². The van der Waals surface area contributed by atoms with E-state index in [1.165, 1.54) is 12.5 Å². The largest absolute Gasteiger partial charge is 0.336 e. The van der Waals surface area contributed by atoms with Crippen molar-refractivity contribution in [3.63, 3.8) is 0 Å². The second-order valence-electron chi connectivity index (χ2n) is 6.19. The summed E-state index contributed by atoms with van der Waals surface area (Å²) in [6.07, 6.45) is 0. The van der Waals surface area contributed by atoms with Crippen molar-refractivity contribution >= 4 is 23.0 Å². The minimum Gasteiger partial charge on any atom is -0.336 e. The third kappa shape index (κ3) is 3.57. The minimum absolute atomic E-state index is 0.0185. The maximum Gasteiger partial charge on any atom is 0.253 e. The molecule has 0 N–H and O–H groups in total. The second kappa shape index (κ2) is 7.28. The Morgan fingerprint density at radius 2 is 1.62 bits per heavy atom. The Labute approximate surface area is 146 Å². The molecule has 0 aliphatic carbocycles. The summed E-state index contributed by atoms with van der Waals surface area (Å²) in [6, 6.07) is 9.51. The van der Waals surface area contributed by atoms with Crippen molar-refractivity contribution in [1.82, 2.24) is 9.80 Å². The van der Waals surface area contributed by atoms with Gasteiger partial charge in [0.1, 0.15) is 0 Å². The molecule has 1 saturated heterocycles. The summed E-state index contributed by atoms with van der Waals surface area (Å²) in [7, 11) is 0. The highest BCUT2D eigenvalue weighted by molar-refractivity contribution is 7.07. The molecule has 1 aliphatic heterocycles. The molecule has 0 spiro atoms. The Bertz CT molecular complexity index is 701. The summed E-state index contributed by atoms with van der Waals surface area (Å²) < 4.78 is 0. The summed E-state index contributed by atoms with van der Waals surface area (Å²) in [5, 5.41) is 4.30. The van der Waals surface area contributed by atoms with Crippen molar-refractivity contribution in [2.75, 3.05) is 26.2 Å². The quantitative estimate of drug-likeness (QED) is 0.799. The highest BCUT2D eigenvalue weighted by Gasteiger charge is 2.25. The molecule has 0 radical (unpaired) electrons. The Balaban J connectivity index is 1.59. The molecule has 1 aliphatic rings. The lowest BCUT2D eigenvalue weighted by atomic mass is 10.1. The monoisotopic (exact) mass is 342 g/mol. The average Bonchev–Trinajstić information content (AvgIpc) is 3.15. The number of thiophene rings is 1. The lowest BCUT2D eigenvalue weighted by Crippen LogP contribution is -2.49. The van der Waals surface area contributed by atoms with Crippen LogP contribution in [0.15, 0.2) is 41.1 Å². The van der Waals surface area contributed by atoms with Gasteiger partial charge in [0.2, 0.25) is 0 Å². The van der Waals surface area contributed by atoms with Crippen molar-refractivity contribution < 1.29 is 9.59 Å². The van der Waals surface area contributed by atoms with Gasteiger partial charge in [0.05, 0.1) is 0 Å². The van der Waals surface area contributed by atoms with E-state index in [2.05, 4.69) is 28.7 Å². The van der Waals surface area contributed by atoms with Gasteiger partial charge in [-0.15, -0.1) is 0 Å². The van der Waals surface area contributed by atoms with Crippen LogP contribution in [-0.4, -0.2) is 47.7 Å². The first-order valence-corrected chi connectivity index (χ1v) is 9.17. The second-order valence-corrected chi connectivity index (χ2v) is 6.97. The van der Waals surface area contributed by atoms with E-state index in [-0.39, 0.29) is 11.7 Å². The zero-order valence-electron chi connectivity index (χ0n) is 14.1. The minimum atomic E-state index is 0.0185. The van der Waals surface area contributed by atoms with E-state index >= 15 is 0 Å². The predicted octanol–water partition coefficient (Wildman–Crippen LogP) is 3.47. The van der Waals surface area contributed by atoms with Gasteiger partial charge in [0.15, 0.2) is 5.78 Å². The standard InChI is InChI=1S/C19H22N2O2S/c1-14(18-7-12-24-13-18)20-8-10-21(11-9-20)19(23)17-5-3-16(4-6-17)15(2)22/h3-7,12-14H,8-11H2,1-2H3/t14-/m0/s1. The van der Waals surface area contributed by atoms with E-state index in [1.807, 2.05) is 4.90 Å². The summed E-state index contributed by atoms with van der Waals surface area (Å²) in [4.78, 5) is 28.3. The van der Waals surface area contributed by atoms with Gasteiger partial charge in [-0.25, -0.2) is 0 Å². The van der Waals surface area contributed by atoms with Crippen molar-refractivity contribution in [3.05, 3.63) is 57.8 Å². The summed E-state index contributed by atoms with van der Waals surface area (Å²) in [6.45, 7) is 7.00. The van der Waals surface area contributed by atoms with Crippen molar-refractivity contribution in [3.8, 4) is 0 Å². The third-order valence-corrected chi connectivity index (χ3v) is 5.41. The molecule has 1 amide bonds. The Morgan fingerprint density at radius 1 is 1.00 bits per heavy atom. The fourth-order valence-corrected chi connectivity index (χ4v) is 3.81. The summed E-state index contributed by atoms with van der Waals surface area (Å²) in [5.41, 5.74) is 2.64. The number of carbonyl (C=O) groups is 2. The van der Waals surface area contributed by atoms with Gasteiger partial charge >= 0.3 is 0 Å². The topological polar surface area (TPSA) is 40.6 Å². The number of amides is 1. The van der Waals surface area contributed by atoms with Gasteiger partial charge in [0.25, 0.3) is 5.91 Å². The number of benzene rings is 1. The molecule has 1 aromatic carbocycles. The molecular formula is C19H22N2O2S. The van der Waals surface area contributed by atoms with E-state index in [4.69, 9.17) is 0 Å². The van der Waals surface area contributed by atoms with E-state index < -0.39 is 0 Å². The van der Waals surface area contributed by atoms with Gasteiger partial charge in [0, 0.05) is 43.3 Å². The number of rotatable bonds is 4. The van der Waals surface area contributed by atoms with E-state index in [9.17, 15) is 9.59 Å². The highest BCUT2D eigenvalue weighted by atomic mass is 32.1. The zero-order chi connectivity index (χ0) is 17.1. The van der Waals surface area contributed by atoms with Crippen molar-refractivity contribution in [2.24, 2.45) is 0 Å². The van der Waals surface area contributed by atoms with Crippen LogP contribution < -0.4 is 0 Å². The van der Waals surface area contributed by atoms with Crippen LogP contribution in [0.2, 0.25) is 0 Å². The van der Waals surface area contributed by atoms with Gasteiger partial charge in [-0.3, -0.25) is 14.5 Å². The predicted molar refractivity (Wildman–Crippen MR) is 96.7 cm³/mol. The smallest absolute Gasteiger partial charge is 0.253 e. The molecular weight excluding hydrogens is 320 g/mol. The fourth-order valence-electron chi connectivity index (χ4n) is 3.07. The SMILES string of the molecule is CC(=O)c1ccc(C(=O)N2CCN([C@@H](C)c3ccsc3)CC2)cc1. The first-order valence-electron chi connectivity index (χ1n) is 8.22. The molecule has 2 heterocycles. The maximum absolute atomic E-state index is 12.6. The number of carbonyl (C=O) groups excluding carboxylic acids is 2. The first-order chi connectivity index (χ1) is 11.6. The molecule has 24 heavy (non-hydrogen) atoms. The van der Waals surface area contributed by atoms with E-state index in [0.29, 0.717) is 17.2 Å². The van der Waals surface area contributed by atoms with Crippen LogP contribution in [0.1, 0.15) is 46.2 Å². The molecule has 1 aromatic heterocycles. The summed E-state index contributed by atoms with van der Waals surface area (Å²) in [5.74, 6) is 0.0676. The van der Waals surface area contributed by atoms with E-state index in [1.54, 1.807) is 35.6 Å². The van der Waals surface area contributed by atoms with Crippen LogP contribution in [-0.2, 0) is 0 Å². The van der Waals surface area contributed by atoms with Crippen molar-refractivity contribution in [1.29, 1.82) is 0 Å².